The zero-order valence-corrected chi connectivity index (χ0v) is 17.5. The molecule has 8 heteroatoms. The number of anilines is 2. The highest BCUT2D eigenvalue weighted by molar-refractivity contribution is 5.98. The largest absolute Gasteiger partial charge is 0.395 e. The molecular formula is C22H29N5O3. The van der Waals surface area contributed by atoms with Crippen LogP contribution in [0.4, 0.5) is 11.5 Å². The minimum Gasteiger partial charge on any atom is -0.395 e. The summed E-state index contributed by atoms with van der Waals surface area (Å²) >= 11 is 0. The van der Waals surface area contributed by atoms with Crippen LogP contribution >= 0.6 is 0 Å². The second kappa shape index (κ2) is 10.1. The van der Waals surface area contributed by atoms with Gasteiger partial charge in [0.05, 0.1) is 12.3 Å². The van der Waals surface area contributed by atoms with Crippen LogP contribution in [0.15, 0.2) is 42.6 Å². The third-order valence-electron chi connectivity index (χ3n) is 4.89. The van der Waals surface area contributed by atoms with Gasteiger partial charge < -0.3 is 25.5 Å². The number of pyridine rings is 1. The van der Waals surface area contributed by atoms with Gasteiger partial charge in [0.1, 0.15) is 0 Å². The van der Waals surface area contributed by atoms with Crippen molar-refractivity contribution in [3.8, 4) is 0 Å². The smallest absolute Gasteiger partial charge is 0.253 e. The van der Waals surface area contributed by atoms with Crippen molar-refractivity contribution >= 4 is 23.3 Å². The van der Waals surface area contributed by atoms with Crippen molar-refractivity contribution in [1.82, 2.24) is 15.2 Å². The average molecular weight is 412 g/mol. The Kier molecular flexibility index (Phi) is 7.24. The molecule has 2 heterocycles. The van der Waals surface area contributed by atoms with Crippen LogP contribution in [-0.2, 0) is 0 Å². The Morgan fingerprint density at radius 1 is 1.07 bits per heavy atom. The van der Waals surface area contributed by atoms with Gasteiger partial charge in [0.25, 0.3) is 11.8 Å². The minimum absolute atomic E-state index is 0.0430. The molecule has 0 unspecified atom stereocenters. The van der Waals surface area contributed by atoms with Crippen molar-refractivity contribution in [1.29, 1.82) is 0 Å². The molecule has 0 bridgehead atoms. The van der Waals surface area contributed by atoms with Gasteiger partial charge in [0, 0.05) is 56.1 Å². The number of nitrogens with one attached hydrogen (secondary N) is 2. The fourth-order valence-corrected chi connectivity index (χ4v) is 3.41. The van der Waals surface area contributed by atoms with Gasteiger partial charge in [-0.3, -0.25) is 9.59 Å². The SMILES string of the molecule is CC(C)Nc1cccnc1N1CCN(C(=O)c2ccc(C(=O)NCCO)cc2)CC1. The maximum atomic E-state index is 12.9. The van der Waals surface area contributed by atoms with E-state index in [1.165, 1.54) is 0 Å². The first-order valence-corrected chi connectivity index (χ1v) is 10.2. The lowest BCUT2D eigenvalue weighted by Crippen LogP contribution is -2.49. The first-order chi connectivity index (χ1) is 14.5. The molecule has 0 spiro atoms. The number of nitrogens with zero attached hydrogens (tertiary/aromatic N) is 3. The van der Waals surface area contributed by atoms with Gasteiger partial charge in [-0.1, -0.05) is 0 Å². The van der Waals surface area contributed by atoms with Crippen LogP contribution in [-0.4, -0.2) is 72.2 Å². The molecule has 0 atom stereocenters. The van der Waals surface area contributed by atoms with Gasteiger partial charge in [0.2, 0.25) is 0 Å². The fourth-order valence-electron chi connectivity index (χ4n) is 3.41. The average Bonchev–Trinajstić information content (AvgIpc) is 2.77. The number of hydrogen-bond donors (Lipinski definition) is 3. The number of carbonyl (C=O) groups excluding carboxylic acids is 2. The molecule has 3 rings (SSSR count). The van der Waals surface area contributed by atoms with E-state index in [1.54, 1.807) is 30.5 Å². The summed E-state index contributed by atoms with van der Waals surface area (Å²) < 4.78 is 0. The second-order valence-corrected chi connectivity index (χ2v) is 7.51. The topological polar surface area (TPSA) is 97.8 Å². The van der Waals surface area contributed by atoms with Crippen molar-refractivity contribution in [3.05, 3.63) is 53.7 Å². The maximum Gasteiger partial charge on any atom is 0.253 e. The van der Waals surface area contributed by atoms with E-state index in [0.29, 0.717) is 43.3 Å². The van der Waals surface area contributed by atoms with E-state index in [-0.39, 0.29) is 25.0 Å². The second-order valence-electron chi connectivity index (χ2n) is 7.51. The third-order valence-corrected chi connectivity index (χ3v) is 4.89. The van der Waals surface area contributed by atoms with Crippen LogP contribution in [0.5, 0.6) is 0 Å². The Morgan fingerprint density at radius 2 is 1.73 bits per heavy atom. The van der Waals surface area contributed by atoms with E-state index in [9.17, 15) is 9.59 Å². The molecule has 1 saturated heterocycles. The van der Waals surface area contributed by atoms with E-state index in [2.05, 4.69) is 34.4 Å². The van der Waals surface area contributed by atoms with Crippen LogP contribution in [0.3, 0.4) is 0 Å². The summed E-state index contributed by atoms with van der Waals surface area (Å²) in [7, 11) is 0. The van der Waals surface area contributed by atoms with Gasteiger partial charge in [-0.2, -0.15) is 0 Å². The number of benzene rings is 1. The molecule has 1 aromatic heterocycles. The number of carbonyl (C=O) groups is 2. The van der Waals surface area contributed by atoms with Gasteiger partial charge in [-0.25, -0.2) is 4.98 Å². The Balaban J connectivity index is 1.60. The van der Waals surface area contributed by atoms with Gasteiger partial charge in [-0.15, -0.1) is 0 Å². The van der Waals surface area contributed by atoms with Crippen molar-refractivity contribution in [3.63, 3.8) is 0 Å². The van der Waals surface area contributed by atoms with E-state index >= 15 is 0 Å². The molecule has 8 nitrogen and oxygen atoms in total. The monoisotopic (exact) mass is 411 g/mol. The van der Waals surface area contributed by atoms with E-state index < -0.39 is 0 Å². The van der Waals surface area contributed by atoms with E-state index in [0.717, 1.165) is 11.5 Å². The van der Waals surface area contributed by atoms with Gasteiger partial charge in [0.15, 0.2) is 5.82 Å². The fraction of sp³-hybridized carbons (Fsp3) is 0.409. The molecule has 1 aromatic carbocycles. The van der Waals surface area contributed by atoms with Gasteiger partial charge >= 0.3 is 0 Å². The van der Waals surface area contributed by atoms with Crippen molar-refractivity contribution in [2.75, 3.05) is 49.5 Å². The molecule has 1 aliphatic rings. The Hall–Kier alpha value is -3.13. The highest BCUT2D eigenvalue weighted by Crippen LogP contribution is 2.25. The van der Waals surface area contributed by atoms with Crippen molar-refractivity contribution in [2.24, 2.45) is 0 Å². The normalized spacial score (nSPS) is 14.0. The number of piperazine rings is 1. The highest BCUT2D eigenvalue weighted by Gasteiger charge is 2.24. The molecule has 2 aromatic rings. The zero-order valence-electron chi connectivity index (χ0n) is 17.5. The van der Waals surface area contributed by atoms with Crippen molar-refractivity contribution < 1.29 is 14.7 Å². The molecular weight excluding hydrogens is 382 g/mol. The zero-order chi connectivity index (χ0) is 21.5. The molecule has 1 aliphatic heterocycles. The first-order valence-electron chi connectivity index (χ1n) is 10.2. The summed E-state index contributed by atoms with van der Waals surface area (Å²) in [5.41, 5.74) is 2.02. The van der Waals surface area contributed by atoms with E-state index in [1.807, 2.05) is 17.0 Å². The van der Waals surface area contributed by atoms with E-state index in [4.69, 9.17) is 5.11 Å². The molecule has 0 radical (unpaired) electrons. The molecule has 160 valence electrons. The Bertz CT molecular complexity index is 861. The molecule has 3 N–H and O–H groups in total. The van der Waals surface area contributed by atoms with Crippen LogP contribution in [0.2, 0.25) is 0 Å². The lowest BCUT2D eigenvalue weighted by molar-refractivity contribution is 0.0746. The number of aliphatic hydroxyl groups is 1. The summed E-state index contributed by atoms with van der Waals surface area (Å²) in [5, 5.41) is 14.8. The van der Waals surface area contributed by atoms with Gasteiger partial charge in [-0.05, 0) is 50.2 Å². The lowest BCUT2D eigenvalue weighted by Gasteiger charge is -2.36. The molecule has 2 amide bonds. The minimum atomic E-state index is -0.266. The van der Waals surface area contributed by atoms with Crippen LogP contribution in [0, 0.1) is 0 Å². The molecule has 30 heavy (non-hydrogen) atoms. The standard InChI is InChI=1S/C22H29N5O3/c1-16(2)25-19-4-3-9-23-20(19)26-11-13-27(14-12-26)22(30)18-7-5-17(6-8-18)21(29)24-10-15-28/h3-9,16,25,28H,10-15H2,1-2H3,(H,24,29). The first kappa shape index (κ1) is 21.6. The van der Waals surface area contributed by atoms with Crippen molar-refractivity contribution in [2.45, 2.75) is 19.9 Å². The quantitative estimate of drug-likeness (QED) is 0.640. The number of hydrogen-bond acceptors (Lipinski definition) is 6. The Labute approximate surface area is 176 Å². The summed E-state index contributed by atoms with van der Waals surface area (Å²) in [4.78, 5) is 33.3. The number of amides is 2. The van der Waals surface area contributed by atoms with Crippen LogP contribution in [0.1, 0.15) is 34.6 Å². The number of aliphatic hydroxyl groups excluding tert-OH is 1. The summed E-state index contributed by atoms with van der Waals surface area (Å²) in [6.45, 7) is 6.90. The van der Waals surface area contributed by atoms with Crippen LogP contribution < -0.4 is 15.5 Å². The molecule has 0 saturated carbocycles. The third kappa shape index (κ3) is 5.27. The molecule has 1 fully saturated rings. The lowest BCUT2D eigenvalue weighted by atomic mass is 10.1. The summed E-state index contributed by atoms with van der Waals surface area (Å²) in [6, 6.07) is 10.9. The highest BCUT2D eigenvalue weighted by atomic mass is 16.3. The summed E-state index contributed by atoms with van der Waals surface area (Å²) in [6.07, 6.45) is 1.79. The Morgan fingerprint density at radius 3 is 2.37 bits per heavy atom. The summed E-state index contributed by atoms with van der Waals surface area (Å²) in [5.74, 6) is 0.605. The maximum absolute atomic E-state index is 12.9. The van der Waals surface area contributed by atoms with Crippen LogP contribution in [0.25, 0.3) is 0 Å². The number of aromatic nitrogens is 1. The number of rotatable bonds is 7. The predicted molar refractivity (Wildman–Crippen MR) is 117 cm³/mol. The predicted octanol–water partition coefficient (Wildman–Crippen LogP) is 1.59. The molecule has 0 aliphatic carbocycles.